The van der Waals surface area contributed by atoms with E-state index in [2.05, 4.69) is 15.1 Å². The zero-order chi connectivity index (χ0) is 16.4. The number of nitrogens with zero attached hydrogens (tertiary/aromatic N) is 3. The molecular formula is C15H30N4O3. The van der Waals surface area contributed by atoms with Crippen molar-refractivity contribution in [2.75, 3.05) is 66.5 Å². The molecule has 1 N–H and O–H groups in total. The van der Waals surface area contributed by atoms with Crippen molar-refractivity contribution >= 4 is 12.0 Å². The minimum Gasteiger partial charge on any atom is -0.450 e. The molecule has 1 heterocycles. The highest BCUT2D eigenvalue weighted by molar-refractivity contribution is 5.76. The summed E-state index contributed by atoms with van der Waals surface area (Å²) >= 11 is 0. The lowest BCUT2D eigenvalue weighted by Crippen LogP contribution is -2.49. The summed E-state index contributed by atoms with van der Waals surface area (Å²) in [5.41, 5.74) is 0. The second kappa shape index (κ2) is 10.4. The molecule has 0 aromatic heterocycles. The molecule has 1 aliphatic heterocycles. The minimum absolute atomic E-state index is 0.103. The maximum atomic E-state index is 11.8. The van der Waals surface area contributed by atoms with Gasteiger partial charge in [0.2, 0.25) is 5.91 Å². The van der Waals surface area contributed by atoms with Crippen LogP contribution in [0.1, 0.15) is 19.8 Å². The lowest BCUT2D eigenvalue weighted by atomic mass is 10.3. The largest absolute Gasteiger partial charge is 0.450 e. The molecule has 7 heteroatoms. The molecular weight excluding hydrogens is 284 g/mol. The lowest BCUT2D eigenvalue weighted by molar-refractivity contribution is -0.121. The van der Waals surface area contributed by atoms with Gasteiger partial charge in [-0.3, -0.25) is 9.69 Å². The maximum Gasteiger partial charge on any atom is 0.409 e. The highest BCUT2D eigenvalue weighted by Gasteiger charge is 2.21. The van der Waals surface area contributed by atoms with Crippen LogP contribution in [0.2, 0.25) is 0 Å². The van der Waals surface area contributed by atoms with Crippen LogP contribution in [0.4, 0.5) is 4.79 Å². The molecule has 2 amide bonds. The second-order valence-electron chi connectivity index (χ2n) is 5.78. The summed E-state index contributed by atoms with van der Waals surface area (Å²) < 4.78 is 4.99. The average molecular weight is 314 g/mol. The molecule has 7 nitrogen and oxygen atoms in total. The van der Waals surface area contributed by atoms with Crippen molar-refractivity contribution in [3.63, 3.8) is 0 Å². The van der Waals surface area contributed by atoms with Crippen molar-refractivity contribution in [1.29, 1.82) is 0 Å². The quantitative estimate of drug-likeness (QED) is 0.649. The van der Waals surface area contributed by atoms with Crippen LogP contribution < -0.4 is 5.32 Å². The van der Waals surface area contributed by atoms with Gasteiger partial charge in [0.05, 0.1) is 6.61 Å². The van der Waals surface area contributed by atoms with Gasteiger partial charge in [0.15, 0.2) is 0 Å². The van der Waals surface area contributed by atoms with Crippen LogP contribution in [0.5, 0.6) is 0 Å². The van der Waals surface area contributed by atoms with Crippen LogP contribution in [0.25, 0.3) is 0 Å². The Morgan fingerprint density at radius 1 is 1.18 bits per heavy atom. The highest BCUT2D eigenvalue weighted by atomic mass is 16.6. The fraction of sp³-hybridized carbons (Fsp3) is 0.867. The number of rotatable bonds is 8. The average Bonchev–Trinajstić information content (AvgIpc) is 2.50. The minimum atomic E-state index is -0.235. The molecule has 128 valence electrons. The third-order valence-corrected chi connectivity index (χ3v) is 3.66. The molecule has 0 bridgehead atoms. The first kappa shape index (κ1) is 18.7. The summed E-state index contributed by atoms with van der Waals surface area (Å²) in [6.07, 6.45) is 1.25. The molecule has 0 aromatic carbocycles. The Balaban J connectivity index is 2.09. The van der Waals surface area contributed by atoms with E-state index in [0.29, 0.717) is 26.1 Å². The van der Waals surface area contributed by atoms with Gasteiger partial charge < -0.3 is 19.9 Å². The Morgan fingerprint density at radius 2 is 1.86 bits per heavy atom. The van der Waals surface area contributed by atoms with Gasteiger partial charge in [0.1, 0.15) is 0 Å². The summed E-state index contributed by atoms with van der Waals surface area (Å²) in [6, 6.07) is 0. The van der Waals surface area contributed by atoms with Gasteiger partial charge in [-0.05, 0) is 34.0 Å². The number of ether oxygens (including phenoxy) is 1. The van der Waals surface area contributed by atoms with Gasteiger partial charge in [-0.1, -0.05) is 0 Å². The Bertz CT molecular complexity index is 342. The van der Waals surface area contributed by atoms with E-state index in [0.717, 1.165) is 39.1 Å². The zero-order valence-electron chi connectivity index (χ0n) is 14.1. The third kappa shape index (κ3) is 7.61. The first-order valence-electron chi connectivity index (χ1n) is 8.08. The van der Waals surface area contributed by atoms with Crippen LogP contribution in [-0.4, -0.2) is 93.2 Å². The number of carbonyl (C=O) groups is 2. The maximum absolute atomic E-state index is 11.8. The first-order valence-corrected chi connectivity index (χ1v) is 8.08. The number of nitrogens with one attached hydrogen (secondary N) is 1. The number of hydrogen-bond acceptors (Lipinski definition) is 5. The fourth-order valence-electron chi connectivity index (χ4n) is 2.34. The van der Waals surface area contributed by atoms with Crippen LogP contribution in [0, 0.1) is 0 Å². The van der Waals surface area contributed by atoms with Gasteiger partial charge in [0, 0.05) is 45.7 Å². The van der Waals surface area contributed by atoms with Crippen molar-refractivity contribution < 1.29 is 14.3 Å². The Hall–Kier alpha value is -1.34. The second-order valence-corrected chi connectivity index (χ2v) is 5.78. The summed E-state index contributed by atoms with van der Waals surface area (Å²) in [7, 11) is 4.05. The van der Waals surface area contributed by atoms with Gasteiger partial charge in [-0.15, -0.1) is 0 Å². The molecule has 0 atom stereocenters. The van der Waals surface area contributed by atoms with E-state index in [1.165, 1.54) is 0 Å². The van der Waals surface area contributed by atoms with Gasteiger partial charge in [0.25, 0.3) is 0 Å². The van der Waals surface area contributed by atoms with Crippen molar-refractivity contribution in [2.45, 2.75) is 19.8 Å². The number of hydrogen-bond donors (Lipinski definition) is 1. The summed E-state index contributed by atoms with van der Waals surface area (Å²) in [4.78, 5) is 29.4. The SMILES string of the molecule is CCOC(=O)N1CCN(CCC(=O)NCCCN(C)C)CC1. The zero-order valence-corrected chi connectivity index (χ0v) is 14.1. The molecule has 0 aromatic rings. The van der Waals surface area contributed by atoms with Crippen molar-refractivity contribution in [1.82, 2.24) is 20.0 Å². The predicted octanol–water partition coefficient (Wildman–Crippen LogP) is 0.219. The highest BCUT2D eigenvalue weighted by Crippen LogP contribution is 2.04. The van der Waals surface area contributed by atoms with Crippen LogP contribution in [0.15, 0.2) is 0 Å². The van der Waals surface area contributed by atoms with E-state index in [4.69, 9.17) is 4.74 Å². The summed E-state index contributed by atoms with van der Waals surface area (Å²) in [5.74, 6) is 0.103. The van der Waals surface area contributed by atoms with E-state index < -0.39 is 0 Å². The smallest absolute Gasteiger partial charge is 0.409 e. The molecule has 1 saturated heterocycles. The molecule has 0 unspecified atom stereocenters. The number of carbonyl (C=O) groups excluding carboxylic acids is 2. The van der Waals surface area contributed by atoms with Crippen LogP contribution in [0.3, 0.4) is 0 Å². The van der Waals surface area contributed by atoms with Gasteiger partial charge in [-0.2, -0.15) is 0 Å². The fourth-order valence-corrected chi connectivity index (χ4v) is 2.34. The standard InChI is InChI=1S/C15H30N4O3/c1-4-22-15(21)19-12-10-18(11-13-19)9-6-14(20)16-7-5-8-17(2)3/h4-13H2,1-3H3,(H,16,20). The van der Waals surface area contributed by atoms with E-state index in [9.17, 15) is 9.59 Å². The Kier molecular flexibility index (Phi) is 8.84. The first-order chi connectivity index (χ1) is 10.5. The molecule has 0 radical (unpaired) electrons. The van der Waals surface area contributed by atoms with Gasteiger partial charge >= 0.3 is 6.09 Å². The van der Waals surface area contributed by atoms with E-state index in [1.807, 2.05) is 21.0 Å². The molecule has 1 aliphatic rings. The van der Waals surface area contributed by atoms with Crippen LogP contribution >= 0.6 is 0 Å². The molecule has 1 rings (SSSR count). The molecule has 0 spiro atoms. The van der Waals surface area contributed by atoms with E-state index in [-0.39, 0.29) is 12.0 Å². The van der Waals surface area contributed by atoms with E-state index in [1.54, 1.807) is 4.90 Å². The Labute approximate surface area is 133 Å². The van der Waals surface area contributed by atoms with Crippen LogP contribution in [-0.2, 0) is 9.53 Å². The topological polar surface area (TPSA) is 65.1 Å². The number of amides is 2. The normalized spacial score (nSPS) is 15.9. The van der Waals surface area contributed by atoms with Gasteiger partial charge in [-0.25, -0.2) is 4.79 Å². The summed E-state index contributed by atoms with van der Waals surface area (Å²) in [5, 5.41) is 2.94. The number of piperazine rings is 1. The predicted molar refractivity (Wildman–Crippen MR) is 85.8 cm³/mol. The lowest BCUT2D eigenvalue weighted by Gasteiger charge is -2.33. The molecule has 0 saturated carbocycles. The Morgan fingerprint density at radius 3 is 2.45 bits per heavy atom. The summed E-state index contributed by atoms with van der Waals surface area (Å²) in [6.45, 7) is 7.62. The van der Waals surface area contributed by atoms with Crippen molar-refractivity contribution in [2.24, 2.45) is 0 Å². The van der Waals surface area contributed by atoms with Crippen molar-refractivity contribution in [3.05, 3.63) is 0 Å². The van der Waals surface area contributed by atoms with Crippen molar-refractivity contribution in [3.8, 4) is 0 Å². The van der Waals surface area contributed by atoms with E-state index >= 15 is 0 Å². The third-order valence-electron chi connectivity index (χ3n) is 3.66. The molecule has 1 fully saturated rings. The molecule has 0 aliphatic carbocycles. The monoisotopic (exact) mass is 314 g/mol. The molecule has 22 heavy (non-hydrogen) atoms.